The van der Waals surface area contributed by atoms with E-state index in [9.17, 15) is 4.79 Å². The Morgan fingerprint density at radius 3 is 2.15 bits per heavy atom. The van der Waals surface area contributed by atoms with Crippen LogP contribution in [0.4, 0.5) is 5.69 Å². The van der Waals surface area contributed by atoms with E-state index < -0.39 is 0 Å². The Morgan fingerprint density at radius 1 is 0.852 bits per heavy atom. The molecule has 6 heteroatoms. The van der Waals surface area contributed by atoms with Gasteiger partial charge >= 0.3 is 0 Å². The number of anilines is 1. The van der Waals surface area contributed by atoms with Crippen molar-refractivity contribution in [3.63, 3.8) is 0 Å². The lowest BCUT2D eigenvalue weighted by atomic mass is 10.1. The Bertz CT molecular complexity index is 1010. The predicted molar refractivity (Wildman–Crippen MR) is 103 cm³/mol. The van der Waals surface area contributed by atoms with Crippen molar-refractivity contribution in [2.24, 2.45) is 0 Å². The zero-order valence-corrected chi connectivity index (χ0v) is 14.7. The van der Waals surface area contributed by atoms with Crippen molar-refractivity contribution >= 4 is 11.6 Å². The molecule has 0 aliphatic rings. The van der Waals surface area contributed by atoms with Gasteiger partial charge in [0.25, 0.3) is 5.91 Å². The van der Waals surface area contributed by atoms with Crippen molar-refractivity contribution in [1.82, 2.24) is 19.1 Å². The number of aromatic nitrogens is 4. The van der Waals surface area contributed by atoms with Gasteiger partial charge in [0.1, 0.15) is 0 Å². The maximum absolute atomic E-state index is 12.6. The SMILES string of the molecule is O=C(Nc1ccc(Cn2ccnc2)cc1)c1cccc(Cn2ccnc2)c1. The summed E-state index contributed by atoms with van der Waals surface area (Å²) in [4.78, 5) is 20.6. The first kappa shape index (κ1) is 16.8. The van der Waals surface area contributed by atoms with Gasteiger partial charge in [-0.05, 0) is 35.4 Å². The molecule has 0 radical (unpaired) electrons. The summed E-state index contributed by atoms with van der Waals surface area (Å²) < 4.78 is 3.97. The van der Waals surface area contributed by atoms with Crippen molar-refractivity contribution in [3.8, 4) is 0 Å². The van der Waals surface area contributed by atoms with E-state index in [2.05, 4.69) is 15.3 Å². The summed E-state index contributed by atoms with van der Waals surface area (Å²) in [5.41, 5.74) is 3.61. The number of carbonyl (C=O) groups excluding carboxylic acids is 1. The van der Waals surface area contributed by atoms with Gasteiger partial charge in [-0.3, -0.25) is 4.79 Å². The lowest BCUT2D eigenvalue weighted by Crippen LogP contribution is -2.12. The van der Waals surface area contributed by atoms with Crippen LogP contribution in [0, 0.1) is 0 Å². The van der Waals surface area contributed by atoms with E-state index in [1.165, 1.54) is 0 Å². The Morgan fingerprint density at radius 2 is 1.52 bits per heavy atom. The van der Waals surface area contributed by atoms with Gasteiger partial charge in [-0.25, -0.2) is 9.97 Å². The molecule has 0 fully saturated rings. The number of hydrogen-bond acceptors (Lipinski definition) is 3. The Kier molecular flexibility index (Phi) is 4.78. The number of nitrogens with one attached hydrogen (secondary N) is 1. The molecule has 0 saturated carbocycles. The van der Waals surface area contributed by atoms with E-state index in [1.807, 2.05) is 70.1 Å². The topological polar surface area (TPSA) is 64.7 Å². The molecule has 134 valence electrons. The summed E-state index contributed by atoms with van der Waals surface area (Å²) in [6.07, 6.45) is 10.9. The summed E-state index contributed by atoms with van der Waals surface area (Å²) in [6, 6.07) is 15.5. The second kappa shape index (κ2) is 7.70. The quantitative estimate of drug-likeness (QED) is 0.575. The van der Waals surface area contributed by atoms with Crippen LogP contribution >= 0.6 is 0 Å². The van der Waals surface area contributed by atoms with Crippen LogP contribution in [0.5, 0.6) is 0 Å². The number of rotatable bonds is 6. The third kappa shape index (κ3) is 4.30. The lowest BCUT2D eigenvalue weighted by Gasteiger charge is -2.09. The molecule has 27 heavy (non-hydrogen) atoms. The van der Waals surface area contributed by atoms with Gasteiger partial charge in [-0.1, -0.05) is 24.3 Å². The maximum Gasteiger partial charge on any atom is 0.255 e. The van der Waals surface area contributed by atoms with Crippen LogP contribution in [0.3, 0.4) is 0 Å². The summed E-state index contributed by atoms with van der Waals surface area (Å²) in [5, 5.41) is 2.95. The molecule has 6 nitrogen and oxygen atoms in total. The Balaban J connectivity index is 1.41. The van der Waals surface area contributed by atoms with Gasteiger partial charge < -0.3 is 14.5 Å². The van der Waals surface area contributed by atoms with E-state index in [4.69, 9.17) is 0 Å². The molecule has 0 bridgehead atoms. The first-order chi connectivity index (χ1) is 13.3. The van der Waals surface area contributed by atoms with Gasteiger partial charge in [0, 0.05) is 49.1 Å². The molecule has 0 aliphatic carbocycles. The fourth-order valence-electron chi connectivity index (χ4n) is 2.89. The van der Waals surface area contributed by atoms with Gasteiger partial charge in [-0.15, -0.1) is 0 Å². The summed E-state index contributed by atoms with van der Waals surface area (Å²) in [6.45, 7) is 1.44. The number of hydrogen-bond donors (Lipinski definition) is 1. The zero-order valence-electron chi connectivity index (χ0n) is 14.7. The van der Waals surface area contributed by atoms with Crippen molar-refractivity contribution in [2.45, 2.75) is 13.1 Å². The standard InChI is InChI=1S/C21H19N5O/c27-21(19-3-1-2-18(12-19)14-26-11-9-23-16-26)24-20-6-4-17(5-7-20)13-25-10-8-22-15-25/h1-12,15-16H,13-14H2,(H,24,27). The number of benzene rings is 2. The molecule has 0 saturated heterocycles. The van der Waals surface area contributed by atoms with Crippen LogP contribution < -0.4 is 5.32 Å². The molecule has 2 heterocycles. The molecule has 2 aromatic carbocycles. The molecule has 4 aromatic rings. The predicted octanol–water partition coefficient (Wildman–Crippen LogP) is 3.43. The summed E-state index contributed by atoms with van der Waals surface area (Å²) in [7, 11) is 0. The zero-order chi connectivity index (χ0) is 18.5. The molecule has 2 aromatic heterocycles. The molecule has 0 unspecified atom stereocenters. The van der Waals surface area contributed by atoms with Crippen molar-refractivity contribution < 1.29 is 4.79 Å². The molecular formula is C21H19N5O. The number of carbonyl (C=O) groups is 1. The first-order valence-corrected chi connectivity index (χ1v) is 8.67. The van der Waals surface area contributed by atoms with Crippen LogP contribution in [0.1, 0.15) is 21.5 Å². The lowest BCUT2D eigenvalue weighted by molar-refractivity contribution is 0.102. The van der Waals surface area contributed by atoms with Crippen LogP contribution in [-0.4, -0.2) is 25.0 Å². The third-order valence-electron chi connectivity index (χ3n) is 4.25. The van der Waals surface area contributed by atoms with Crippen molar-refractivity contribution in [2.75, 3.05) is 5.32 Å². The molecule has 1 N–H and O–H groups in total. The second-order valence-electron chi connectivity index (χ2n) is 6.32. The highest BCUT2D eigenvalue weighted by Gasteiger charge is 2.07. The van der Waals surface area contributed by atoms with Crippen molar-refractivity contribution in [1.29, 1.82) is 0 Å². The van der Waals surface area contributed by atoms with E-state index in [0.29, 0.717) is 12.1 Å². The van der Waals surface area contributed by atoms with E-state index in [0.717, 1.165) is 23.4 Å². The molecule has 4 rings (SSSR count). The molecule has 0 atom stereocenters. The fraction of sp³-hybridized carbons (Fsp3) is 0.0952. The number of imidazole rings is 2. The molecule has 0 aliphatic heterocycles. The minimum atomic E-state index is -0.121. The minimum absolute atomic E-state index is 0.121. The van der Waals surface area contributed by atoms with E-state index >= 15 is 0 Å². The monoisotopic (exact) mass is 357 g/mol. The number of nitrogens with zero attached hydrogens (tertiary/aromatic N) is 4. The van der Waals surface area contributed by atoms with Gasteiger partial charge in [-0.2, -0.15) is 0 Å². The van der Waals surface area contributed by atoms with Gasteiger partial charge in [0.05, 0.1) is 12.7 Å². The summed E-state index contributed by atoms with van der Waals surface area (Å²) >= 11 is 0. The summed E-state index contributed by atoms with van der Waals surface area (Å²) in [5.74, 6) is -0.121. The van der Waals surface area contributed by atoms with Crippen molar-refractivity contribution in [3.05, 3.63) is 103 Å². The molecule has 0 spiro atoms. The van der Waals surface area contributed by atoms with Crippen LogP contribution in [0.2, 0.25) is 0 Å². The average molecular weight is 357 g/mol. The highest BCUT2D eigenvalue weighted by Crippen LogP contribution is 2.14. The average Bonchev–Trinajstić information content (AvgIpc) is 3.38. The fourth-order valence-corrected chi connectivity index (χ4v) is 2.89. The maximum atomic E-state index is 12.6. The van der Waals surface area contributed by atoms with Crippen LogP contribution in [0.15, 0.2) is 86.0 Å². The van der Waals surface area contributed by atoms with Crippen LogP contribution in [-0.2, 0) is 13.1 Å². The Labute approximate surface area is 157 Å². The smallest absolute Gasteiger partial charge is 0.255 e. The largest absolute Gasteiger partial charge is 0.333 e. The van der Waals surface area contributed by atoms with Crippen LogP contribution in [0.25, 0.3) is 0 Å². The first-order valence-electron chi connectivity index (χ1n) is 8.67. The number of amides is 1. The van der Waals surface area contributed by atoms with Gasteiger partial charge in [0.15, 0.2) is 0 Å². The normalized spacial score (nSPS) is 10.7. The highest BCUT2D eigenvalue weighted by molar-refractivity contribution is 6.04. The molecule has 1 amide bonds. The minimum Gasteiger partial charge on any atom is -0.333 e. The highest BCUT2D eigenvalue weighted by atomic mass is 16.1. The molecular weight excluding hydrogens is 338 g/mol. The van der Waals surface area contributed by atoms with E-state index in [-0.39, 0.29) is 5.91 Å². The third-order valence-corrected chi connectivity index (χ3v) is 4.25. The van der Waals surface area contributed by atoms with Gasteiger partial charge in [0.2, 0.25) is 0 Å². The van der Waals surface area contributed by atoms with E-state index in [1.54, 1.807) is 25.0 Å². The Hall–Kier alpha value is -3.67. The second-order valence-corrected chi connectivity index (χ2v) is 6.32.